The maximum Gasteiger partial charge on any atom is 0.253 e. The fraction of sp³-hybridized carbons (Fsp3) is 0.636. The number of benzene rings is 1. The second-order valence-electron chi connectivity index (χ2n) is 8.07. The number of rotatable bonds is 5. The summed E-state index contributed by atoms with van der Waals surface area (Å²) in [5, 5.41) is 0. The first kappa shape index (κ1) is 19.2. The molecule has 28 heavy (non-hydrogen) atoms. The fourth-order valence-electron chi connectivity index (χ4n) is 4.39. The van der Waals surface area contributed by atoms with Crippen molar-refractivity contribution in [2.45, 2.75) is 44.6 Å². The third-order valence-corrected chi connectivity index (χ3v) is 6.09. The molecular formula is C22H30N2O4. The molecule has 3 fully saturated rings. The highest BCUT2D eigenvalue weighted by Crippen LogP contribution is 2.24. The van der Waals surface area contributed by atoms with E-state index in [1.165, 1.54) is 0 Å². The Kier molecular flexibility index (Phi) is 6.15. The zero-order valence-electron chi connectivity index (χ0n) is 16.5. The van der Waals surface area contributed by atoms with Crippen molar-refractivity contribution in [3.8, 4) is 5.75 Å². The van der Waals surface area contributed by atoms with Crippen molar-refractivity contribution in [2.24, 2.45) is 5.92 Å². The minimum atomic E-state index is 0.0228. The average molecular weight is 386 g/mol. The van der Waals surface area contributed by atoms with Gasteiger partial charge in [0.2, 0.25) is 5.91 Å². The number of ether oxygens (including phenoxy) is 2. The lowest BCUT2D eigenvalue weighted by molar-refractivity contribution is -0.135. The highest BCUT2D eigenvalue weighted by molar-refractivity contribution is 5.94. The molecule has 1 unspecified atom stereocenters. The van der Waals surface area contributed by atoms with Crippen LogP contribution in [0.3, 0.4) is 0 Å². The predicted molar refractivity (Wildman–Crippen MR) is 105 cm³/mol. The summed E-state index contributed by atoms with van der Waals surface area (Å²) >= 11 is 0. The van der Waals surface area contributed by atoms with Crippen LogP contribution in [0.2, 0.25) is 0 Å². The van der Waals surface area contributed by atoms with Crippen molar-refractivity contribution >= 4 is 11.8 Å². The lowest BCUT2D eigenvalue weighted by Gasteiger charge is -2.33. The molecule has 3 heterocycles. The first-order valence-electron chi connectivity index (χ1n) is 10.6. The van der Waals surface area contributed by atoms with Crippen LogP contribution >= 0.6 is 0 Å². The smallest absolute Gasteiger partial charge is 0.253 e. The van der Waals surface area contributed by atoms with Crippen LogP contribution in [0.25, 0.3) is 0 Å². The molecule has 152 valence electrons. The number of piperidine rings is 1. The van der Waals surface area contributed by atoms with Gasteiger partial charge in [0.25, 0.3) is 5.91 Å². The summed E-state index contributed by atoms with van der Waals surface area (Å²) in [6.07, 6.45) is 6.04. The van der Waals surface area contributed by atoms with Gasteiger partial charge in [-0.15, -0.1) is 0 Å². The number of nitrogens with zero attached hydrogens (tertiary/aromatic N) is 2. The van der Waals surface area contributed by atoms with Gasteiger partial charge in [-0.2, -0.15) is 0 Å². The van der Waals surface area contributed by atoms with E-state index in [0.29, 0.717) is 31.0 Å². The van der Waals surface area contributed by atoms with E-state index in [1.54, 1.807) is 0 Å². The lowest BCUT2D eigenvalue weighted by Crippen LogP contribution is -2.43. The van der Waals surface area contributed by atoms with E-state index in [9.17, 15) is 9.59 Å². The van der Waals surface area contributed by atoms with Gasteiger partial charge in [0.1, 0.15) is 12.4 Å². The van der Waals surface area contributed by atoms with Crippen molar-refractivity contribution in [2.75, 3.05) is 39.4 Å². The van der Waals surface area contributed by atoms with E-state index in [-0.39, 0.29) is 23.8 Å². The Balaban J connectivity index is 1.29. The SMILES string of the molecule is O=C(c1cccc(OCC2CCCO2)c1)N1CCC(C(=O)N2CCCC2)CC1. The van der Waals surface area contributed by atoms with E-state index < -0.39 is 0 Å². The second kappa shape index (κ2) is 8.95. The van der Waals surface area contributed by atoms with E-state index in [2.05, 4.69) is 0 Å². The Morgan fingerprint density at radius 2 is 1.79 bits per heavy atom. The molecule has 6 nitrogen and oxygen atoms in total. The first-order chi connectivity index (χ1) is 13.7. The van der Waals surface area contributed by atoms with Gasteiger partial charge >= 0.3 is 0 Å². The summed E-state index contributed by atoms with van der Waals surface area (Å²) in [5.41, 5.74) is 0.647. The molecule has 4 rings (SSSR count). The molecule has 6 heteroatoms. The largest absolute Gasteiger partial charge is 0.491 e. The number of hydrogen-bond donors (Lipinski definition) is 0. The molecule has 3 aliphatic heterocycles. The Hall–Kier alpha value is -2.08. The van der Waals surface area contributed by atoms with Crippen LogP contribution in [0.1, 0.15) is 48.9 Å². The van der Waals surface area contributed by atoms with E-state index in [4.69, 9.17) is 9.47 Å². The van der Waals surface area contributed by atoms with E-state index in [0.717, 1.165) is 58.2 Å². The summed E-state index contributed by atoms with van der Waals surface area (Å²) < 4.78 is 11.4. The predicted octanol–water partition coefficient (Wildman–Crippen LogP) is 2.72. The highest BCUT2D eigenvalue weighted by atomic mass is 16.5. The molecule has 1 aromatic carbocycles. The molecule has 2 amide bonds. The Bertz CT molecular complexity index is 688. The normalized spacial score (nSPS) is 23.2. The van der Waals surface area contributed by atoms with Crippen LogP contribution in [0.5, 0.6) is 5.75 Å². The minimum absolute atomic E-state index is 0.0228. The Morgan fingerprint density at radius 3 is 2.50 bits per heavy atom. The molecule has 3 saturated heterocycles. The zero-order chi connectivity index (χ0) is 19.3. The van der Waals surface area contributed by atoms with Crippen molar-refractivity contribution in [3.63, 3.8) is 0 Å². The summed E-state index contributed by atoms with van der Waals surface area (Å²) in [4.78, 5) is 29.3. The van der Waals surface area contributed by atoms with Gasteiger partial charge in [0.05, 0.1) is 6.10 Å². The molecule has 0 aliphatic carbocycles. The van der Waals surface area contributed by atoms with E-state index in [1.807, 2.05) is 34.1 Å². The summed E-state index contributed by atoms with van der Waals surface area (Å²) in [7, 11) is 0. The minimum Gasteiger partial charge on any atom is -0.491 e. The van der Waals surface area contributed by atoms with Gasteiger partial charge in [-0.25, -0.2) is 0 Å². The molecule has 0 bridgehead atoms. The molecular weight excluding hydrogens is 356 g/mol. The van der Waals surface area contributed by atoms with Crippen LogP contribution in [0.4, 0.5) is 0 Å². The molecule has 0 saturated carbocycles. The van der Waals surface area contributed by atoms with Gasteiger partial charge in [-0.3, -0.25) is 9.59 Å². The average Bonchev–Trinajstić information content (AvgIpc) is 3.46. The van der Waals surface area contributed by atoms with Crippen molar-refractivity contribution < 1.29 is 19.1 Å². The fourth-order valence-corrected chi connectivity index (χ4v) is 4.39. The number of likely N-dealkylation sites (tertiary alicyclic amines) is 2. The second-order valence-corrected chi connectivity index (χ2v) is 8.07. The summed E-state index contributed by atoms with van der Waals surface area (Å²) in [5.74, 6) is 1.09. The Labute approximate surface area is 166 Å². The Morgan fingerprint density at radius 1 is 1.00 bits per heavy atom. The molecule has 1 atom stereocenters. The van der Waals surface area contributed by atoms with Gasteiger partial charge < -0.3 is 19.3 Å². The number of carbonyl (C=O) groups excluding carboxylic acids is 2. The molecule has 0 N–H and O–H groups in total. The topological polar surface area (TPSA) is 59.1 Å². The summed E-state index contributed by atoms with van der Waals surface area (Å²) in [6.45, 7) is 4.42. The highest BCUT2D eigenvalue weighted by Gasteiger charge is 2.31. The molecule has 1 aromatic rings. The van der Waals surface area contributed by atoms with Gasteiger partial charge in [-0.1, -0.05) is 6.07 Å². The summed E-state index contributed by atoms with van der Waals surface area (Å²) in [6, 6.07) is 7.40. The van der Waals surface area contributed by atoms with Crippen molar-refractivity contribution in [1.29, 1.82) is 0 Å². The van der Waals surface area contributed by atoms with Crippen LogP contribution in [0, 0.1) is 5.92 Å². The molecule has 0 aromatic heterocycles. The third kappa shape index (κ3) is 4.49. The molecule has 0 radical (unpaired) electrons. The van der Waals surface area contributed by atoms with Gasteiger partial charge in [0.15, 0.2) is 0 Å². The third-order valence-electron chi connectivity index (χ3n) is 6.09. The van der Waals surface area contributed by atoms with Crippen LogP contribution in [-0.2, 0) is 9.53 Å². The lowest BCUT2D eigenvalue weighted by atomic mass is 9.95. The maximum atomic E-state index is 12.9. The monoisotopic (exact) mass is 386 g/mol. The molecule has 0 spiro atoms. The zero-order valence-corrected chi connectivity index (χ0v) is 16.5. The maximum absolute atomic E-state index is 12.9. The first-order valence-corrected chi connectivity index (χ1v) is 10.6. The van der Waals surface area contributed by atoms with Crippen LogP contribution in [-0.4, -0.2) is 67.1 Å². The van der Waals surface area contributed by atoms with Crippen LogP contribution in [0.15, 0.2) is 24.3 Å². The number of amides is 2. The standard InChI is InChI=1S/C22H30N2O4/c25-21(23-10-1-2-11-23)17-8-12-24(13-9-17)22(26)18-5-3-6-19(15-18)28-16-20-7-4-14-27-20/h3,5-6,15,17,20H,1-2,4,7-14,16H2. The molecule has 3 aliphatic rings. The number of hydrogen-bond acceptors (Lipinski definition) is 4. The van der Waals surface area contributed by atoms with Gasteiger partial charge in [-0.05, 0) is 56.7 Å². The quantitative estimate of drug-likeness (QED) is 0.781. The van der Waals surface area contributed by atoms with Crippen molar-refractivity contribution in [1.82, 2.24) is 9.80 Å². The van der Waals surface area contributed by atoms with Crippen molar-refractivity contribution in [3.05, 3.63) is 29.8 Å². The number of carbonyl (C=O) groups is 2. The van der Waals surface area contributed by atoms with Crippen LogP contribution < -0.4 is 4.74 Å². The van der Waals surface area contributed by atoms with E-state index >= 15 is 0 Å². The van der Waals surface area contributed by atoms with Gasteiger partial charge in [0, 0.05) is 44.3 Å².